The Labute approximate surface area is 107 Å². The van der Waals surface area contributed by atoms with Gasteiger partial charge in [0.15, 0.2) is 0 Å². The van der Waals surface area contributed by atoms with E-state index in [4.69, 9.17) is 5.84 Å². The summed E-state index contributed by atoms with van der Waals surface area (Å²) < 4.78 is 13.1. The van der Waals surface area contributed by atoms with Gasteiger partial charge in [-0.3, -0.25) is 4.99 Å². The van der Waals surface area contributed by atoms with Gasteiger partial charge in [-0.25, -0.2) is 10.2 Å². The molecule has 0 aliphatic heterocycles. The molecule has 1 saturated carbocycles. The third-order valence-electron chi connectivity index (χ3n) is 3.34. The van der Waals surface area contributed by atoms with Gasteiger partial charge >= 0.3 is 0 Å². The van der Waals surface area contributed by atoms with E-state index in [0.717, 1.165) is 24.2 Å². The quantitative estimate of drug-likeness (QED) is 0.374. The molecule has 1 aromatic carbocycles. The summed E-state index contributed by atoms with van der Waals surface area (Å²) in [6.45, 7) is 0. The number of nitrogens with one attached hydrogen (secondary N) is 1. The van der Waals surface area contributed by atoms with Crippen molar-refractivity contribution in [2.24, 2.45) is 10.8 Å². The van der Waals surface area contributed by atoms with Crippen molar-refractivity contribution in [3.05, 3.63) is 35.6 Å². The Morgan fingerprint density at radius 3 is 2.78 bits per heavy atom. The van der Waals surface area contributed by atoms with Gasteiger partial charge < -0.3 is 5.43 Å². The van der Waals surface area contributed by atoms with Crippen LogP contribution >= 0.6 is 0 Å². The first kappa shape index (κ1) is 13.0. The highest BCUT2D eigenvalue weighted by atomic mass is 19.1. The summed E-state index contributed by atoms with van der Waals surface area (Å²) in [6, 6.07) is 6.93. The predicted molar refractivity (Wildman–Crippen MR) is 71.7 cm³/mol. The second-order valence-corrected chi connectivity index (χ2v) is 4.82. The Kier molecular flexibility index (Phi) is 4.70. The van der Waals surface area contributed by atoms with Gasteiger partial charge in [0.05, 0.1) is 6.04 Å². The van der Waals surface area contributed by atoms with Gasteiger partial charge in [-0.2, -0.15) is 0 Å². The number of aliphatic imine (C=N–C) groups is 1. The van der Waals surface area contributed by atoms with E-state index in [0.29, 0.717) is 12.5 Å². The summed E-state index contributed by atoms with van der Waals surface area (Å²) in [4.78, 5) is 4.64. The highest BCUT2D eigenvalue weighted by Crippen LogP contribution is 2.20. The zero-order valence-electron chi connectivity index (χ0n) is 10.5. The van der Waals surface area contributed by atoms with Crippen molar-refractivity contribution in [2.45, 2.75) is 44.6 Å². The van der Waals surface area contributed by atoms with E-state index >= 15 is 0 Å². The van der Waals surface area contributed by atoms with E-state index in [9.17, 15) is 4.39 Å². The normalized spacial score (nSPS) is 17.8. The predicted octanol–water partition coefficient (Wildman–Crippen LogP) is 2.56. The Morgan fingerprint density at radius 1 is 1.33 bits per heavy atom. The first-order chi connectivity index (χ1) is 8.78. The fourth-order valence-corrected chi connectivity index (χ4v) is 2.40. The van der Waals surface area contributed by atoms with E-state index in [1.807, 2.05) is 6.07 Å². The standard InChI is InChI=1S/C14H20FN3/c15-12-6-4-5-11(9-12)10-14(18-16)17-13-7-2-1-3-8-13/h4-6,9,13H,1-3,7-8,10,16H2,(H,17,18). The number of nitrogens with zero attached hydrogens (tertiary/aromatic N) is 1. The molecule has 0 heterocycles. The molecular weight excluding hydrogens is 229 g/mol. The Hall–Kier alpha value is -1.42. The lowest BCUT2D eigenvalue weighted by Gasteiger charge is -2.19. The molecule has 98 valence electrons. The van der Waals surface area contributed by atoms with Crippen LogP contribution in [-0.4, -0.2) is 11.9 Å². The van der Waals surface area contributed by atoms with Crippen LogP contribution in [0.1, 0.15) is 37.7 Å². The first-order valence-electron chi connectivity index (χ1n) is 6.55. The molecule has 0 bridgehead atoms. The lowest BCUT2D eigenvalue weighted by atomic mass is 9.96. The number of hydrogen-bond donors (Lipinski definition) is 2. The maximum absolute atomic E-state index is 13.1. The summed E-state index contributed by atoms with van der Waals surface area (Å²) in [5.41, 5.74) is 3.54. The molecule has 3 nitrogen and oxygen atoms in total. The minimum Gasteiger partial charge on any atom is -0.312 e. The monoisotopic (exact) mass is 249 g/mol. The largest absolute Gasteiger partial charge is 0.312 e. The average Bonchev–Trinajstić information content (AvgIpc) is 2.39. The number of amidine groups is 1. The number of benzene rings is 1. The molecule has 0 saturated heterocycles. The number of hydrazine groups is 1. The molecular formula is C14H20FN3. The third-order valence-corrected chi connectivity index (χ3v) is 3.34. The molecule has 0 unspecified atom stereocenters. The SMILES string of the molecule is NNC(Cc1cccc(F)c1)=NC1CCCCC1. The zero-order chi connectivity index (χ0) is 12.8. The molecule has 18 heavy (non-hydrogen) atoms. The van der Waals surface area contributed by atoms with Crippen molar-refractivity contribution in [1.82, 2.24) is 5.43 Å². The summed E-state index contributed by atoms with van der Waals surface area (Å²) in [5.74, 6) is 6.02. The second kappa shape index (κ2) is 6.50. The van der Waals surface area contributed by atoms with Crippen LogP contribution in [0.25, 0.3) is 0 Å². The molecule has 0 spiro atoms. The highest BCUT2D eigenvalue weighted by molar-refractivity contribution is 5.84. The van der Waals surface area contributed by atoms with Crippen LogP contribution < -0.4 is 11.3 Å². The van der Waals surface area contributed by atoms with Crippen LogP contribution in [0.2, 0.25) is 0 Å². The molecule has 1 fully saturated rings. The smallest absolute Gasteiger partial charge is 0.123 e. The van der Waals surface area contributed by atoms with E-state index in [-0.39, 0.29) is 5.82 Å². The summed E-state index contributed by atoms with van der Waals surface area (Å²) >= 11 is 0. The fourth-order valence-electron chi connectivity index (χ4n) is 2.40. The Bertz CT molecular complexity index is 411. The molecule has 4 heteroatoms. The zero-order valence-corrected chi connectivity index (χ0v) is 10.5. The Morgan fingerprint density at radius 2 is 2.11 bits per heavy atom. The van der Waals surface area contributed by atoms with Gasteiger partial charge in [-0.15, -0.1) is 0 Å². The number of halogens is 1. The van der Waals surface area contributed by atoms with Crippen LogP contribution in [0, 0.1) is 5.82 Å². The minimum absolute atomic E-state index is 0.221. The van der Waals surface area contributed by atoms with Gasteiger partial charge in [0, 0.05) is 6.42 Å². The molecule has 2 rings (SSSR count). The Balaban J connectivity index is 2.01. The molecule has 1 aliphatic rings. The minimum atomic E-state index is -0.221. The number of hydrogen-bond acceptors (Lipinski definition) is 2. The average molecular weight is 249 g/mol. The van der Waals surface area contributed by atoms with E-state index in [1.165, 1.54) is 31.4 Å². The topological polar surface area (TPSA) is 50.4 Å². The molecule has 0 radical (unpaired) electrons. The van der Waals surface area contributed by atoms with Crippen molar-refractivity contribution in [3.63, 3.8) is 0 Å². The molecule has 0 aromatic heterocycles. The first-order valence-corrected chi connectivity index (χ1v) is 6.55. The van der Waals surface area contributed by atoms with Gasteiger partial charge in [-0.1, -0.05) is 31.4 Å². The second-order valence-electron chi connectivity index (χ2n) is 4.82. The molecule has 1 aromatic rings. The van der Waals surface area contributed by atoms with Gasteiger partial charge in [0.1, 0.15) is 11.7 Å². The fraction of sp³-hybridized carbons (Fsp3) is 0.500. The summed E-state index contributed by atoms with van der Waals surface area (Å²) in [7, 11) is 0. The lowest BCUT2D eigenvalue weighted by molar-refractivity contribution is 0.442. The van der Waals surface area contributed by atoms with Crippen LogP contribution in [0.4, 0.5) is 4.39 Å². The molecule has 3 N–H and O–H groups in total. The van der Waals surface area contributed by atoms with Crippen LogP contribution in [-0.2, 0) is 6.42 Å². The van der Waals surface area contributed by atoms with Gasteiger partial charge in [0.25, 0.3) is 0 Å². The van der Waals surface area contributed by atoms with Crippen molar-refractivity contribution in [2.75, 3.05) is 0 Å². The number of rotatable bonds is 3. The molecule has 0 atom stereocenters. The molecule has 1 aliphatic carbocycles. The molecule has 0 amide bonds. The summed E-state index contributed by atoms with van der Waals surface area (Å²) in [6.07, 6.45) is 6.62. The van der Waals surface area contributed by atoms with Gasteiger partial charge in [-0.05, 0) is 30.5 Å². The van der Waals surface area contributed by atoms with Gasteiger partial charge in [0.2, 0.25) is 0 Å². The van der Waals surface area contributed by atoms with Crippen molar-refractivity contribution >= 4 is 5.84 Å². The maximum Gasteiger partial charge on any atom is 0.123 e. The van der Waals surface area contributed by atoms with Crippen molar-refractivity contribution in [3.8, 4) is 0 Å². The van der Waals surface area contributed by atoms with E-state index in [1.54, 1.807) is 6.07 Å². The van der Waals surface area contributed by atoms with Crippen LogP contribution in [0.5, 0.6) is 0 Å². The van der Waals surface area contributed by atoms with Crippen molar-refractivity contribution in [1.29, 1.82) is 0 Å². The maximum atomic E-state index is 13.1. The highest BCUT2D eigenvalue weighted by Gasteiger charge is 2.13. The van der Waals surface area contributed by atoms with Crippen LogP contribution in [0.3, 0.4) is 0 Å². The van der Waals surface area contributed by atoms with Crippen LogP contribution in [0.15, 0.2) is 29.3 Å². The van der Waals surface area contributed by atoms with E-state index < -0.39 is 0 Å². The lowest BCUT2D eigenvalue weighted by Crippen LogP contribution is -2.33. The van der Waals surface area contributed by atoms with E-state index in [2.05, 4.69) is 10.4 Å². The van der Waals surface area contributed by atoms with Crippen molar-refractivity contribution < 1.29 is 4.39 Å². The summed E-state index contributed by atoms with van der Waals surface area (Å²) in [5, 5.41) is 0. The third kappa shape index (κ3) is 3.81. The number of nitrogens with two attached hydrogens (primary N) is 1.